The maximum absolute atomic E-state index is 11.6. The smallest absolute Gasteiger partial charge is 0.139 e. The van der Waals surface area contributed by atoms with E-state index in [4.69, 9.17) is 0 Å². The van der Waals surface area contributed by atoms with E-state index in [1.54, 1.807) is 0 Å². The van der Waals surface area contributed by atoms with Crippen molar-refractivity contribution in [1.29, 1.82) is 0 Å². The molecule has 2 heteroatoms. The molecule has 1 nitrogen and oxygen atoms in total. The Morgan fingerprint density at radius 3 is 2.83 bits per heavy atom. The van der Waals surface area contributed by atoms with E-state index in [0.717, 1.165) is 30.2 Å². The van der Waals surface area contributed by atoms with Crippen molar-refractivity contribution in [3.63, 3.8) is 0 Å². The molecule has 0 heterocycles. The molecule has 0 spiro atoms. The van der Waals surface area contributed by atoms with Crippen molar-refractivity contribution in [2.75, 3.05) is 0 Å². The van der Waals surface area contributed by atoms with Crippen molar-refractivity contribution in [3.05, 3.63) is 11.1 Å². The van der Waals surface area contributed by atoms with Gasteiger partial charge in [0.1, 0.15) is 5.78 Å². The standard InChI is InChI=1S/C10H15BrO/c1-8(11)7-10(2)6-4-3-5-9(10)12/h1,3-7H2,2H3. The summed E-state index contributed by atoms with van der Waals surface area (Å²) in [4.78, 5) is 11.6. The first kappa shape index (κ1) is 9.97. The van der Waals surface area contributed by atoms with E-state index in [2.05, 4.69) is 29.4 Å². The van der Waals surface area contributed by atoms with Gasteiger partial charge in [-0.05, 0) is 23.7 Å². The molecule has 1 fully saturated rings. The third-order valence-corrected chi connectivity index (χ3v) is 2.92. The first-order chi connectivity index (χ1) is 5.54. The van der Waals surface area contributed by atoms with Crippen LogP contribution in [0.15, 0.2) is 11.1 Å². The van der Waals surface area contributed by atoms with E-state index in [0.29, 0.717) is 5.78 Å². The summed E-state index contributed by atoms with van der Waals surface area (Å²) in [7, 11) is 0. The highest BCUT2D eigenvalue weighted by Crippen LogP contribution is 2.38. The fourth-order valence-corrected chi connectivity index (χ4v) is 2.47. The molecule has 0 aromatic rings. The van der Waals surface area contributed by atoms with Crippen LogP contribution in [0.25, 0.3) is 0 Å². The largest absolute Gasteiger partial charge is 0.299 e. The van der Waals surface area contributed by atoms with Crippen molar-refractivity contribution < 1.29 is 4.79 Å². The lowest BCUT2D eigenvalue weighted by Crippen LogP contribution is -2.30. The number of ketones is 1. The van der Waals surface area contributed by atoms with E-state index >= 15 is 0 Å². The number of hydrogen-bond acceptors (Lipinski definition) is 1. The average molecular weight is 231 g/mol. The first-order valence-electron chi connectivity index (χ1n) is 4.41. The summed E-state index contributed by atoms with van der Waals surface area (Å²) in [6.45, 7) is 5.85. The zero-order valence-electron chi connectivity index (χ0n) is 7.53. The Morgan fingerprint density at radius 1 is 1.67 bits per heavy atom. The number of carbonyl (C=O) groups is 1. The minimum Gasteiger partial charge on any atom is -0.299 e. The lowest BCUT2D eigenvalue weighted by atomic mass is 9.72. The zero-order valence-corrected chi connectivity index (χ0v) is 9.11. The second-order valence-corrected chi connectivity index (χ2v) is 5.01. The lowest BCUT2D eigenvalue weighted by Gasteiger charge is -2.31. The Balaban J connectivity index is 2.66. The Hall–Kier alpha value is -0.110. The summed E-state index contributed by atoms with van der Waals surface area (Å²) >= 11 is 3.33. The van der Waals surface area contributed by atoms with Crippen LogP contribution in [-0.2, 0) is 4.79 Å². The van der Waals surface area contributed by atoms with Gasteiger partial charge in [0.2, 0.25) is 0 Å². The third-order valence-electron chi connectivity index (χ3n) is 2.64. The molecule has 0 aromatic carbocycles. The Labute approximate surface area is 82.4 Å². The van der Waals surface area contributed by atoms with Gasteiger partial charge in [-0.15, -0.1) is 0 Å². The van der Waals surface area contributed by atoms with Gasteiger partial charge in [0, 0.05) is 11.8 Å². The van der Waals surface area contributed by atoms with Gasteiger partial charge in [0.05, 0.1) is 0 Å². The van der Waals surface area contributed by atoms with Crippen molar-refractivity contribution in [2.24, 2.45) is 5.41 Å². The molecular weight excluding hydrogens is 216 g/mol. The van der Waals surface area contributed by atoms with Crippen molar-refractivity contribution in [3.8, 4) is 0 Å². The minimum absolute atomic E-state index is 0.126. The van der Waals surface area contributed by atoms with E-state index in [1.807, 2.05) is 0 Å². The fourth-order valence-electron chi connectivity index (χ4n) is 1.85. The van der Waals surface area contributed by atoms with Gasteiger partial charge in [0.25, 0.3) is 0 Å². The summed E-state index contributed by atoms with van der Waals surface area (Å²) in [6.07, 6.45) is 4.84. The molecule has 1 unspecified atom stereocenters. The summed E-state index contributed by atoms with van der Waals surface area (Å²) in [5, 5.41) is 0. The van der Waals surface area contributed by atoms with Crippen molar-refractivity contribution in [2.45, 2.75) is 39.0 Å². The summed E-state index contributed by atoms with van der Waals surface area (Å²) in [6, 6.07) is 0. The molecular formula is C10H15BrO. The van der Waals surface area contributed by atoms with Gasteiger partial charge in [0.15, 0.2) is 0 Å². The number of rotatable bonds is 2. The quantitative estimate of drug-likeness (QED) is 0.711. The van der Waals surface area contributed by atoms with Gasteiger partial charge in [-0.2, -0.15) is 0 Å². The molecule has 1 atom stereocenters. The molecule has 1 rings (SSSR count). The average Bonchev–Trinajstić information content (AvgIpc) is 1.94. The van der Waals surface area contributed by atoms with E-state index in [-0.39, 0.29) is 5.41 Å². The molecule has 0 N–H and O–H groups in total. The molecule has 0 aliphatic heterocycles. The molecule has 0 saturated heterocycles. The number of carbonyl (C=O) groups excluding carboxylic acids is 1. The first-order valence-corrected chi connectivity index (χ1v) is 5.20. The van der Waals surface area contributed by atoms with Gasteiger partial charge in [-0.25, -0.2) is 0 Å². The fraction of sp³-hybridized carbons (Fsp3) is 0.700. The Bertz CT molecular complexity index is 210. The van der Waals surface area contributed by atoms with Gasteiger partial charge < -0.3 is 0 Å². The SMILES string of the molecule is C=C(Br)CC1(C)CCCCC1=O. The minimum atomic E-state index is -0.126. The predicted molar refractivity (Wildman–Crippen MR) is 54.3 cm³/mol. The molecule has 0 bridgehead atoms. The van der Waals surface area contributed by atoms with Crippen LogP contribution in [0.5, 0.6) is 0 Å². The van der Waals surface area contributed by atoms with Crippen molar-refractivity contribution in [1.82, 2.24) is 0 Å². The van der Waals surface area contributed by atoms with E-state index < -0.39 is 0 Å². The van der Waals surface area contributed by atoms with Gasteiger partial charge in [-0.1, -0.05) is 35.9 Å². The number of hydrogen-bond donors (Lipinski definition) is 0. The molecule has 0 radical (unpaired) electrons. The van der Waals surface area contributed by atoms with Crippen LogP contribution in [0.1, 0.15) is 39.0 Å². The van der Waals surface area contributed by atoms with Crippen LogP contribution in [0.2, 0.25) is 0 Å². The molecule has 12 heavy (non-hydrogen) atoms. The van der Waals surface area contributed by atoms with Crippen LogP contribution in [0.4, 0.5) is 0 Å². The van der Waals surface area contributed by atoms with Crippen LogP contribution in [0, 0.1) is 5.41 Å². The number of allylic oxidation sites excluding steroid dienone is 1. The molecule has 1 aliphatic carbocycles. The lowest BCUT2D eigenvalue weighted by molar-refractivity contribution is -0.130. The molecule has 0 aromatic heterocycles. The van der Waals surface area contributed by atoms with Crippen molar-refractivity contribution >= 4 is 21.7 Å². The number of halogens is 1. The molecule has 1 aliphatic rings. The molecule has 0 amide bonds. The highest BCUT2D eigenvalue weighted by Gasteiger charge is 2.34. The highest BCUT2D eigenvalue weighted by molar-refractivity contribution is 9.11. The predicted octanol–water partition coefficient (Wildman–Crippen LogP) is 3.43. The third kappa shape index (κ3) is 2.19. The maximum atomic E-state index is 11.6. The second-order valence-electron chi connectivity index (χ2n) is 3.88. The highest BCUT2D eigenvalue weighted by atomic mass is 79.9. The Morgan fingerprint density at radius 2 is 2.33 bits per heavy atom. The van der Waals surface area contributed by atoms with Crippen LogP contribution >= 0.6 is 15.9 Å². The monoisotopic (exact) mass is 230 g/mol. The van der Waals surface area contributed by atoms with Crippen LogP contribution in [-0.4, -0.2) is 5.78 Å². The second kappa shape index (κ2) is 3.73. The topological polar surface area (TPSA) is 17.1 Å². The van der Waals surface area contributed by atoms with E-state index in [9.17, 15) is 4.79 Å². The molecule has 1 saturated carbocycles. The number of Topliss-reactive ketones (excluding diaryl/α,β-unsaturated/α-hetero) is 1. The summed E-state index contributed by atoms with van der Waals surface area (Å²) in [5.41, 5.74) is -0.126. The van der Waals surface area contributed by atoms with Gasteiger partial charge in [-0.3, -0.25) is 4.79 Å². The summed E-state index contributed by atoms with van der Waals surface area (Å²) < 4.78 is 0.945. The Kier molecular flexibility index (Phi) is 3.10. The van der Waals surface area contributed by atoms with Crippen LogP contribution in [0.3, 0.4) is 0 Å². The van der Waals surface area contributed by atoms with E-state index in [1.165, 1.54) is 6.42 Å². The summed E-state index contributed by atoms with van der Waals surface area (Å²) in [5.74, 6) is 0.411. The molecule has 68 valence electrons. The normalized spacial score (nSPS) is 30.3. The van der Waals surface area contributed by atoms with Gasteiger partial charge >= 0.3 is 0 Å². The van der Waals surface area contributed by atoms with Crippen LogP contribution < -0.4 is 0 Å². The zero-order chi connectivity index (χ0) is 9.19. The maximum Gasteiger partial charge on any atom is 0.139 e.